The van der Waals surface area contributed by atoms with Crippen LogP contribution in [0, 0.1) is 5.92 Å². The molecule has 0 saturated carbocycles. The van der Waals surface area contributed by atoms with E-state index in [-0.39, 0.29) is 11.9 Å². The van der Waals surface area contributed by atoms with Crippen LogP contribution in [0.5, 0.6) is 0 Å². The predicted octanol–water partition coefficient (Wildman–Crippen LogP) is 3.64. The number of nitrogens with one attached hydrogen (secondary N) is 1. The number of hydrogen-bond donors (Lipinski definition) is 1. The third kappa shape index (κ3) is 4.74. The second-order valence-electron chi connectivity index (χ2n) is 5.07. The van der Waals surface area contributed by atoms with Crippen molar-refractivity contribution >= 4 is 5.91 Å². The lowest BCUT2D eigenvalue weighted by Gasteiger charge is -2.14. The molecular formula is C16H23NO. The van der Waals surface area contributed by atoms with Gasteiger partial charge in [0.2, 0.25) is 5.91 Å². The van der Waals surface area contributed by atoms with Gasteiger partial charge in [0.1, 0.15) is 0 Å². The first kappa shape index (κ1) is 14.5. The quantitative estimate of drug-likeness (QED) is 0.788. The van der Waals surface area contributed by atoms with E-state index in [1.165, 1.54) is 5.56 Å². The average molecular weight is 245 g/mol. The Labute approximate surface area is 110 Å². The summed E-state index contributed by atoms with van der Waals surface area (Å²) >= 11 is 0. The lowest BCUT2D eigenvalue weighted by atomic mass is 10.00. The van der Waals surface area contributed by atoms with Gasteiger partial charge in [0.25, 0.3) is 0 Å². The topological polar surface area (TPSA) is 29.1 Å². The van der Waals surface area contributed by atoms with Crippen LogP contribution in [0.15, 0.2) is 36.4 Å². The fraction of sp³-hybridized carbons (Fsp3) is 0.438. The summed E-state index contributed by atoms with van der Waals surface area (Å²) in [5, 5.41) is 2.93. The maximum absolute atomic E-state index is 11.4. The van der Waals surface area contributed by atoms with Crippen LogP contribution in [0.1, 0.15) is 44.9 Å². The summed E-state index contributed by atoms with van der Waals surface area (Å²) in [6.07, 6.45) is 4.39. The highest BCUT2D eigenvalue weighted by molar-refractivity contribution is 5.87. The molecule has 0 spiro atoms. The molecule has 1 amide bonds. The van der Waals surface area contributed by atoms with Gasteiger partial charge in [-0.3, -0.25) is 4.79 Å². The van der Waals surface area contributed by atoms with E-state index in [4.69, 9.17) is 0 Å². The molecule has 0 aliphatic heterocycles. The largest absolute Gasteiger partial charge is 0.346 e. The van der Waals surface area contributed by atoms with Crippen molar-refractivity contribution in [3.8, 4) is 0 Å². The molecule has 0 fully saturated rings. The lowest BCUT2D eigenvalue weighted by molar-refractivity contribution is -0.117. The van der Waals surface area contributed by atoms with Crippen LogP contribution in [0.25, 0.3) is 0 Å². The Bertz CT molecular complexity index is 404. The molecular weight excluding hydrogens is 222 g/mol. The van der Waals surface area contributed by atoms with Gasteiger partial charge in [-0.1, -0.05) is 44.2 Å². The molecule has 0 heterocycles. The van der Waals surface area contributed by atoms with E-state index < -0.39 is 0 Å². The van der Waals surface area contributed by atoms with Crippen molar-refractivity contribution < 1.29 is 4.79 Å². The third-order valence-corrected chi connectivity index (χ3v) is 2.80. The minimum atomic E-state index is -0.0451. The van der Waals surface area contributed by atoms with E-state index in [9.17, 15) is 4.79 Å². The normalized spacial score (nSPS) is 12.9. The summed E-state index contributed by atoms with van der Waals surface area (Å²) < 4.78 is 0. The van der Waals surface area contributed by atoms with Crippen LogP contribution in [0.2, 0.25) is 0 Å². The molecule has 0 unspecified atom stereocenters. The minimum absolute atomic E-state index is 0.0433. The summed E-state index contributed by atoms with van der Waals surface area (Å²) in [5.74, 6) is 0.624. The van der Waals surface area contributed by atoms with Gasteiger partial charge in [-0.2, -0.15) is 0 Å². The second kappa shape index (κ2) is 7.00. The first-order valence-electron chi connectivity index (χ1n) is 6.55. The zero-order valence-electron chi connectivity index (χ0n) is 11.7. The van der Waals surface area contributed by atoms with Crippen LogP contribution in [-0.4, -0.2) is 5.91 Å². The van der Waals surface area contributed by atoms with Gasteiger partial charge in [0, 0.05) is 0 Å². The molecule has 1 aromatic carbocycles. The van der Waals surface area contributed by atoms with Crippen LogP contribution in [-0.2, 0) is 11.2 Å². The molecule has 0 aliphatic rings. The fourth-order valence-electron chi connectivity index (χ4n) is 1.91. The smallest absolute Gasteiger partial charge is 0.244 e. The lowest BCUT2D eigenvalue weighted by Crippen LogP contribution is -2.24. The van der Waals surface area contributed by atoms with E-state index in [2.05, 4.69) is 43.4 Å². The van der Waals surface area contributed by atoms with Crippen molar-refractivity contribution in [2.75, 3.05) is 0 Å². The Morgan fingerprint density at radius 3 is 2.33 bits per heavy atom. The number of carbonyl (C=O) groups is 1. The first-order chi connectivity index (χ1) is 8.52. The summed E-state index contributed by atoms with van der Waals surface area (Å²) in [6, 6.07) is 8.53. The standard InChI is InChI=1S/C16H23NO/c1-5-6-16(18)17-13(4)15-9-7-14(8-10-15)11-12(2)3/h5-10,12-13H,11H2,1-4H3,(H,17,18)/b6-5-/t13-/m0/s1. The number of allylic oxidation sites excluding steroid dienone is 1. The van der Waals surface area contributed by atoms with Crippen molar-refractivity contribution in [3.63, 3.8) is 0 Å². The Morgan fingerprint density at radius 2 is 1.83 bits per heavy atom. The molecule has 0 saturated heterocycles. The number of carbonyl (C=O) groups excluding carboxylic acids is 1. The molecule has 2 nitrogen and oxygen atoms in total. The van der Waals surface area contributed by atoms with Crippen LogP contribution in [0.3, 0.4) is 0 Å². The zero-order chi connectivity index (χ0) is 13.5. The first-order valence-corrected chi connectivity index (χ1v) is 6.55. The highest BCUT2D eigenvalue weighted by atomic mass is 16.1. The number of rotatable bonds is 5. The van der Waals surface area contributed by atoms with Crippen molar-refractivity contribution in [1.82, 2.24) is 5.32 Å². The van der Waals surface area contributed by atoms with Crippen LogP contribution < -0.4 is 5.32 Å². The fourth-order valence-corrected chi connectivity index (χ4v) is 1.91. The summed E-state index contributed by atoms with van der Waals surface area (Å²) in [4.78, 5) is 11.4. The molecule has 1 atom stereocenters. The molecule has 0 aromatic heterocycles. The molecule has 0 radical (unpaired) electrons. The Kier molecular flexibility index (Phi) is 5.63. The second-order valence-corrected chi connectivity index (χ2v) is 5.07. The maximum atomic E-state index is 11.4. The Hall–Kier alpha value is -1.57. The van der Waals surface area contributed by atoms with Crippen molar-refractivity contribution in [1.29, 1.82) is 0 Å². The Balaban J connectivity index is 2.64. The van der Waals surface area contributed by atoms with E-state index in [0.717, 1.165) is 12.0 Å². The molecule has 1 aromatic rings. The monoisotopic (exact) mass is 245 g/mol. The molecule has 1 N–H and O–H groups in total. The number of hydrogen-bond acceptors (Lipinski definition) is 1. The van der Waals surface area contributed by atoms with Gasteiger partial charge in [-0.25, -0.2) is 0 Å². The van der Waals surface area contributed by atoms with Crippen molar-refractivity contribution in [3.05, 3.63) is 47.5 Å². The average Bonchev–Trinajstić information content (AvgIpc) is 2.29. The van der Waals surface area contributed by atoms with E-state index in [1.54, 1.807) is 12.2 Å². The summed E-state index contributed by atoms with van der Waals surface area (Å²) in [7, 11) is 0. The molecule has 0 bridgehead atoms. The minimum Gasteiger partial charge on any atom is -0.346 e. The van der Waals surface area contributed by atoms with Gasteiger partial charge in [0.15, 0.2) is 0 Å². The number of amides is 1. The van der Waals surface area contributed by atoms with E-state index in [1.807, 2.05) is 13.8 Å². The van der Waals surface area contributed by atoms with Crippen molar-refractivity contribution in [2.24, 2.45) is 5.92 Å². The molecule has 98 valence electrons. The Morgan fingerprint density at radius 1 is 1.22 bits per heavy atom. The van der Waals surface area contributed by atoms with Gasteiger partial charge in [0.05, 0.1) is 6.04 Å². The maximum Gasteiger partial charge on any atom is 0.244 e. The summed E-state index contributed by atoms with van der Waals surface area (Å²) in [6.45, 7) is 8.27. The summed E-state index contributed by atoms with van der Waals surface area (Å²) in [5.41, 5.74) is 2.49. The zero-order valence-corrected chi connectivity index (χ0v) is 11.7. The van der Waals surface area contributed by atoms with Crippen LogP contribution >= 0.6 is 0 Å². The van der Waals surface area contributed by atoms with E-state index in [0.29, 0.717) is 5.92 Å². The van der Waals surface area contributed by atoms with Gasteiger partial charge < -0.3 is 5.32 Å². The van der Waals surface area contributed by atoms with E-state index >= 15 is 0 Å². The molecule has 0 aliphatic carbocycles. The molecule has 1 rings (SSSR count). The molecule has 18 heavy (non-hydrogen) atoms. The highest BCUT2D eigenvalue weighted by Gasteiger charge is 2.07. The molecule has 2 heteroatoms. The van der Waals surface area contributed by atoms with Crippen molar-refractivity contribution in [2.45, 2.75) is 40.2 Å². The predicted molar refractivity (Wildman–Crippen MR) is 76.4 cm³/mol. The van der Waals surface area contributed by atoms with Gasteiger partial charge >= 0.3 is 0 Å². The van der Waals surface area contributed by atoms with Gasteiger partial charge in [-0.15, -0.1) is 0 Å². The van der Waals surface area contributed by atoms with Gasteiger partial charge in [-0.05, 0) is 43.4 Å². The van der Waals surface area contributed by atoms with Crippen LogP contribution in [0.4, 0.5) is 0 Å². The highest BCUT2D eigenvalue weighted by Crippen LogP contribution is 2.15. The third-order valence-electron chi connectivity index (χ3n) is 2.80. The SMILES string of the molecule is C/C=C\C(=O)N[C@@H](C)c1ccc(CC(C)C)cc1. The number of benzene rings is 1.